The van der Waals surface area contributed by atoms with Gasteiger partial charge < -0.3 is 10.4 Å². The SMILES string of the molecule is CCNC(C)c1ccc(SC(C)CO)nc1. The first-order chi connectivity index (χ1) is 7.67. The minimum atomic E-state index is 0.182. The van der Waals surface area contributed by atoms with Crippen molar-refractivity contribution in [1.82, 2.24) is 10.3 Å². The van der Waals surface area contributed by atoms with Gasteiger partial charge in [-0.05, 0) is 25.1 Å². The van der Waals surface area contributed by atoms with Crippen LogP contribution in [-0.4, -0.2) is 28.5 Å². The summed E-state index contributed by atoms with van der Waals surface area (Å²) in [6, 6.07) is 4.44. The molecule has 0 aromatic carbocycles. The average Bonchev–Trinajstić information content (AvgIpc) is 2.30. The Morgan fingerprint density at radius 1 is 1.44 bits per heavy atom. The number of pyridine rings is 1. The zero-order valence-corrected chi connectivity index (χ0v) is 10.9. The Balaban J connectivity index is 2.60. The molecule has 0 aliphatic carbocycles. The van der Waals surface area contributed by atoms with Crippen LogP contribution in [0.15, 0.2) is 23.4 Å². The van der Waals surface area contributed by atoms with E-state index in [1.807, 2.05) is 19.2 Å². The van der Waals surface area contributed by atoms with Crippen LogP contribution in [0.2, 0.25) is 0 Å². The zero-order chi connectivity index (χ0) is 12.0. The topological polar surface area (TPSA) is 45.1 Å². The number of aliphatic hydroxyl groups is 1. The van der Waals surface area contributed by atoms with Crippen LogP contribution in [-0.2, 0) is 0 Å². The summed E-state index contributed by atoms with van der Waals surface area (Å²) in [5.74, 6) is 0. The summed E-state index contributed by atoms with van der Waals surface area (Å²) in [7, 11) is 0. The number of rotatable bonds is 6. The number of hydrogen-bond donors (Lipinski definition) is 2. The lowest BCUT2D eigenvalue weighted by molar-refractivity contribution is 0.300. The summed E-state index contributed by atoms with van der Waals surface area (Å²) in [6.07, 6.45) is 1.90. The molecule has 1 aromatic heterocycles. The minimum Gasteiger partial charge on any atom is -0.395 e. The van der Waals surface area contributed by atoms with Crippen molar-refractivity contribution in [2.75, 3.05) is 13.2 Å². The standard InChI is InChI=1S/C12H20N2OS/c1-4-13-10(3)11-5-6-12(14-7-11)16-9(2)8-15/h5-7,9-10,13,15H,4,8H2,1-3H3. The molecule has 2 unspecified atom stereocenters. The molecule has 90 valence electrons. The maximum Gasteiger partial charge on any atom is 0.0963 e. The predicted molar refractivity (Wildman–Crippen MR) is 68.7 cm³/mol. The number of nitrogens with zero attached hydrogens (tertiary/aromatic N) is 1. The third kappa shape index (κ3) is 4.12. The van der Waals surface area contributed by atoms with Gasteiger partial charge in [0.15, 0.2) is 0 Å². The molecule has 0 bridgehead atoms. The van der Waals surface area contributed by atoms with Crippen LogP contribution in [0.1, 0.15) is 32.4 Å². The molecule has 2 atom stereocenters. The fourth-order valence-electron chi connectivity index (χ4n) is 1.39. The monoisotopic (exact) mass is 240 g/mol. The Morgan fingerprint density at radius 3 is 2.69 bits per heavy atom. The molecule has 1 aromatic rings. The fourth-order valence-corrected chi connectivity index (χ4v) is 2.13. The Hall–Kier alpha value is -0.580. The molecular formula is C12H20N2OS. The van der Waals surface area contributed by atoms with Gasteiger partial charge in [0.05, 0.1) is 11.6 Å². The lowest BCUT2D eigenvalue weighted by Gasteiger charge is -2.13. The van der Waals surface area contributed by atoms with Crippen LogP contribution in [0.25, 0.3) is 0 Å². The normalized spacial score (nSPS) is 14.8. The van der Waals surface area contributed by atoms with E-state index >= 15 is 0 Å². The van der Waals surface area contributed by atoms with Crippen molar-refractivity contribution in [1.29, 1.82) is 0 Å². The third-order valence-corrected chi connectivity index (χ3v) is 3.38. The van der Waals surface area contributed by atoms with E-state index in [1.165, 1.54) is 5.56 Å². The van der Waals surface area contributed by atoms with Gasteiger partial charge in [0, 0.05) is 17.5 Å². The van der Waals surface area contributed by atoms with E-state index < -0.39 is 0 Å². The second-order valence-corrected chi connectivity index (χ2v) is 5.28. The van der Waals surface area contributed by atoms with Crippen LogP contribution in [0.3, 0.4) is 0 Å². The second kappa shape index (κ2) is 6.89. The highest BCUT2D eigenvalue weighted by Crippen LogP contribution is 2.21. The molecule has 0 radical (unpaired) electrons. The van der Waals surface area contributed by atoms with E-state index in [0.29, 0.717) is 6.04 Å². The smallest absolute Gasteiger partial charge is 0.0963 e. The largest absolute Gasteiger partial charge is 0.395 e. The molecule has 2 N–H and O–H groups in total. The summed E-state index contributed by atoms with van der Waals surface area (Å²) in [5, 5.41) is 13.5. The maximum absolute atomic E-state index is 8.95. The van der Waals surface area contributed by atoms with Crippen molar-refractivity contribution in [3.05, 3.63) is 23.9 Å². The van der Waals surface area contributed by atoms with Crippen LogP contribution in [0.4, 0.5) is 0 Å². The highest BCUT2D eigenvalue weighted by atomic mass is 32.2. The predicted octanol–water partition coefficient (Wildman–Crippen LogP) is 2.23. The van der Waals surface area contributed by atoms with Gasteiger partial charge in [-0.1, -0.05) is 19.9 Å². The van der Waals surface area contributed by atoms with Crippen LogP contribution in [0.5, 0.6) is 0 Å². The van der Waals surface area contributed by atoms with E-state index in [4.69, 9.17) is 5.11 Å². The van der Waals surface area contributed by atoms with Gasteiger partial charge in [0.25, 0.3) is 0 Å². The molecule has 4 heteroatoms. The summed E-state index contributed by atoms with van der Waals surface area (Å²) in [4.78, 5) is 4.38. The van der Waals surface area contributed by atoms with E-state index in [0.717, 1.165) is 11.6 Å². The molecular weight excluding hydrogens is 220 g/mol. The molecule has 0 aliphatic rings. The van der Waals surface area contributed by atoms with E-state index in [2.05, 4.69) is 30.2 Å². The van der Waals surface area contributed by atoms with Crippen LogP contribution in [0, 0.1) is 0 Å². The maximum atomic E-state index is 8.95. The lowest BCUT2D eigenvalue weighted by atomic mass is 10.1. The van der Waals surface area contributed by atoms with Crippen molar-refractivity contribution >= 4 is 11.8 Å². The third-order valence-electron chi connectivity index (χ3n) is 2.35. The Labute approximate surface area is 102 Å². The van der Waals surface area contributed by atoms with E-state index in [1.54, 1.807) is 11.8 Å². The minimum absolute atomic E-state index is 0.182. The molecule has 0 spiro atoms. The fraction of sp³-hybridized carbons (Fsp3) is 0.583. The molecule has 3 nitrogen and oxygen atoms in total. The number of aliphatic hydroxyl groups excluding tert-OH is 1. The van der Waals surface area contributed by atoms with E-state index in [-0.39, 0.29) is 11.9 Å². The zero-order valence-electron chi connectivity index (χ0n) is 10.1. The number of aromatic nitrogens is 1. The Morgan fingerprint density at radius 2 is 2.19 bits per heavy atom. The molecule has 0 aliphatic heterocycles. The van der Waals surface area contributed by atoms with Crippen molar-refractivity contribution in [3.8, 4) is 0 Å². The highest BCUT2D eigenvalue weighted by molar-refractivity contribution is 7.99. The number of nitrogens with one attached hydrogen (secondary N) is 1. The van der Waals surface area contributed by atoms with Crippen molar-refractivity contribution in [3.63, 3.8) is 0 Å². The van der Waals surface area contributed by atoms with Crippen molar-refractivity contribution < 1.29 is 5.11 Å². The van der Waals surface area contributed by atoms with Crippen molar-refractivity contribution in [2.45, 2.75) is 37.1 Å². The first kappa shape index (κ1) is 13.5. The summed E-state index contributed by atoms with van der Waals surface area (Å²) < 4.78 is 0. The lowest BCUT2D eigenvalue weighted by Crippen LogP contribution is -2.17. The summed E-state index contributed by atoms with van der Waals surface area (Å²) >= 11 is 1.60. The quantitative estimate of drug-likeness (QED) is 0.748. The van der Waals surface area contributed by atoms with Crippen LogP contribution < -0.4 is 5.32 Å². The van der Waals surface area contributed by atoms with Crippen molar-refractivity contribution in [2.24, 2.45) is 0 Å². The molecule has 0 saturated carbocycles. The van der Waals surface area contributed by atoms with Gasteiger partial charge in [-0.2, -0.15) is 0 Å². The second-order valence-electron chi connectivity index (χ2n) is 3.82. The van der Waals surface area contributed by atoms with Gasteiger partial charge in [-0.15, -0.1) is 11.8 Å². The highest BCUT2D eigenvalue weighted by Gasteiger charge is 2.06. The first-order valence-electron chi connectivity index (χ1n) is 5.64. The molecule has 1 rings (SSSR count). The Kier molecular flexibility index (Phi) is 5.80. The molecule has 0 fully saturated rings. The molecule has 0 saturated heterocycles. The van der Waals surface area contributed by atoms with E-state index in [9.17, 15) is 0 Å². The Bertz CT molecular complexity index is 302. The van der Waals surface area contributed by atoms with Gasteiger partial charge in [-0.3, -0.25) is 0 Å². The van der Waals surface area contributed by atoms with Crippen LogP contribution >= 0.6 is 11.8 Å². The molecule has 16 heavy (non-hydrogen) atoms. The molecule has 1 heterocycles. The first-order valence-corrected chi connectivity index (χ1v) is 6.52. The number of thioether (sulfide) groups is 1. The number of hydrogen-bond acceptors (Lipinski definition) is 4. The average molecular weight is 240 g/mol. The van der Waals surface area contributed by atoms with Gasteiger partial charge in [-0.25, -0.2) is 4.98 Å². The van der Waals surface area contributed by atoms with Gasteiger partial charge in [0.1, 0.15) is 0 Å². The summed E-state index contributed by atoms with van der Waals surface area (Å²) in [5.41, 5.74) is 1.20. The van der Waals surface area contributed by atoms with Gasteiger partial charge >= 0.3 is 0 Å². The molecule has 0 amide bonds. The summed E-state index contributed by atoms with van der Waals surface area (Å²) in [6.45, 7) is 7.35. The van der Waals surface area contributed by atoms with Gasteiger partial charge in [0.2, 0.25) is 0 Å².